The van der Waals surface area contributed by atoms with Crippen molar-refractivity contribution >= 4 is 11.5 Å². The molecule has 0 amide bonds. The molecule has 2 rings (SSSR count). The Morgan fingerprint density at radius 1 is 1.30 bits per heavy atom. The average Bonchev–Trinajstić information content (AvgIpc) is 2.48. The standard InChI is InChI=1S/C15H26N4O/c1-3-9-20-15-13(16)14(17-10-18-15)19-12-8-6-5-7-11(12)4-2/h10-12H,3-9,16H2,1-2H3,(H,17,18,19). The van der Waals surface area contributed by atoms with Crippen molar-refractivity contribution in [2.45, 2.75) is 58.4 Å². The molecule has 1 aromatic heterocycles. The van der Waals surface area contributed by atoms with Gasteiger partial charge in [-0.1, -0.05) is 33.1 Å². The van der Waals surface area contributed by atoms with Gasteiger partial charge in [0.1, 0.15) is 12.0 Å². The number of hydrogen-bond acceptors (Lipinski definition) is 5. The summed E-state index contributed by atoms with van der Waals surface area (Å²) in [5.41, 5.74) is 6.64. The van der Waals surface area contributed by atoms with Gasteiger partial charge in [0, 0.05) is 6.04 Å². The number of nitrogens with two attached hydrogens (primary N) is 1. The summed E-state index contributed by atoms with van der Waals surface area (Å²) >= 11 is 0. The number of nitrogens with zero attached hydrogens (tertiary/aromatic N) is 2. The van der Waals surface area contributed by atoms with Crippen molar-refractivity contribution in [3.8, 4) is 5.88 Å². The summed E-state index contributed by atoms with van der Waals surface area (Å²) in [7, 11) is 0. The Bertz CT molecular complexity index is 424. The minimum absolute atomic E-state index is 0.463. The molecular weight excluding hydrogens is 252 g/mol. The van der Waals surface area contributed by atoms with Gasteiger partial charge in [0.15, 0.2) is 5.82 Å². The quantitative estimate of drug-likeness (QED) is 0.835. The molecule has 0 saturated heterocycles. The van der Waals surface area contributed by atoms with E-state index in [1.54, 1.807) is 0 Å². The van der Waals surface area contributed by atoms with Crippen LogP contribution in [0.2, 0.25) is 0 Å². The number of nitrogen functional groups attached to an aromatic ring is 1. The predicted molar refractivity (Wildman–Crippen MR) is 81.9 cm³/mol. The van der Waals surface area contributed by atoms with Crippen LogP contribution in [-0.4, -0.2) is 22.6 Å². The van der Waals surface area contributed by atoms with E-state index in [1.165, 1.54) is 38.4 Å². The monoisotopic (exact) mass is 278 g/mol. The van der Waals surface area contributed by atoms with Crippen molar-refractivity contribution in [2.24, 2.45) is 5.92 Å². The highest BCUT2D eigenvalue weighted by Crippen LogP contribution is 2.32. The molecule has 1 aromatic rings. The van der Waals surface area contributed by atoms with Crippen molar-refractivity contribution in [3.63, 3.8) is 0 Å². The average molecular weight is 278 g/mol. The lowest BCUT2D eigenvalue weighted by Crippen LogP contribution is -2.32. The fourth-order valence-electron chi connectivity index (χ4n) is 2.87. The second-order valence-corrected chi connectivity index (χ2v) is 5.49. The molecule has 2 atom stereocenters. The summed E-state index contributed by atoms with van der Waals surface area (Å²) in [4.78, 5) is 8.39. The van der Waals surface area contributed by atoms with Crippen molar-refractivity contribution in [1.82, 2.24) is 9.97 Å². The van der Waals surface area contributed by atoms with Crippen LogP contribution in [0.1, 0.15) is 52.4 Å². The first-order valence-corrected chi connectivity index (χ1v) is 7.76. The molecule has 0 aromatic carbocycles. The molecule has 0 aliphatic heterocycles. The summed E-state index contributed by atoms with van der Waals surface area (Å²) < 4.78 is 5.55. The first kappa shape index (κ1) is 14.9. The first-order valence-electron chi connectivity index (χ1n) is 7.76. The van der Waals surface area contributed by atoms with E-state index >= 15 is 0 Å². The van der Waals surface area contributed by atoms with Crippen LogP contribution < -0.4 is 15.8 Å². The van der Waals surface area contributed by atoms with Gasteiger partial charge in [-0.05, 0) is 25.2 Å². The third-order valence-corrected chi connectivity index (χ3v) is 4.05. The smallest absolute Gasteiger partial charge is 0.242 e. The van der Waals surface area contributed by atoms with Crippen molar-refractivity contribution in [3.05, 3.63) is 6.33 Å². The molecule has 0 bridgehead atoms. The second kappa shape index (κ2) is 7.31. The Morgan fingerprint density at radius 2 is 2.10 bits per heavy atom. The van der Waals surface area contributed by atoms with E-state index in [2.05, 4.69) is 29.1 Å². The van der Waals surface area contributed by atoms with Crippen molar-refractivity contribution < 1.29 is 4.74 Å². The zero-order chi connectivity index (χ0) is 14.4. The van der Waals surface area contributed by atoms with Crippen LogP contribution in [0.4, 0.5) is 11.5 Å². The Morgan fingerprint density at radius 3 is 2.85 bits per heavy atom. The number of nitrogens with one attached hydrogen (secondary N) is 1. The van der Waals surface area contributed by atoms with Gasteiger partial charge in [-0.2, -0.15) is 4.98 Å². The van der Waals surface area contributed by atoms with E-state index in [-0.39, 0.29) is 0 Å². The van der Waals surface area contributed by atoms with Gasteiger partial charge in [-0.25, -0.2) is 4.98 Å². The predicted octanol–water partition coefficient (Wildman–Crippen LogP) is 3.23. The maximum atomic E-state index is 6.12. The van der Waals surface area contributed by atoms with Gasteiger partial charge in [0.2, 0.25) is 5.88 Å². The number of hydrogen-bond donors (Lipinski definition) is 2. The Balaban J connectivity index is 2.08. The molecule has 0 radical (unpaired) electrons. The maximum Gasteiger partial charge on any atom is 0.242 e. The van der Waals surface area contributed by atoms with Gasteiger partial charge in [-0.3, -0.25) is 0 Å². The van der Waals surface area contributed by atoms with E-state index in [0.717, 1.165) is 12.2 Å². The fourth-order valence-corrected chi connectivity index (χ4v) is 2.87. The van der Waals surface area contributed by atoms with Crippen LogP contribution in [0, 0.1) is 5.92 Å². The Kier molecular flexibility index (Phi) is 5.44. The van der Waals surface area contributed by atoms with Crippen LogP contribution in [0.25, 0.3) is 0 Å². The normalized spacial score (nSPS) is 22.5. The fraction of sp³-hybridized carbons (Fsp3) is 0.733. The van der Waals surface area contributed by atoms with Gasteiger partial charge in [0.05, 0.1) is 6.61 Å². The first-order chi connectivity index (χ1) is 9.76. The molecule has 0 spiro atoms. The molecule has 1 aliphatic carbocycles. The van der Waals surface area contributed by atoms with Crippen LogP contribution in [0.5, 0.6) is 5.88 Å². The molecular formula is C15H26N4O. The summed E-state index contributed by atoms with van der Waals surface area (Å²) in [6.45, 7) is 4.94. The molecule has 1 aliphatic rings. The van der Waals surface area contributed by atoms with E-state index < -0.39 is 0 Å². The number of aromatic nitrogens is 2. The molecule has 2 unspecified atom stereocenters. The van der Waals surface area contributed by atoms with Crippen molar-refractivity contribution in [1.29, 1.82) is 0 Å². The van der Waals surface area contributed by atoms with Crippen LogP contribution in [-0.2, 0) is 0 Å². The highest BCUT2D eigenvalue weighted by atomic mass is 16.5. The molecule has 5 heteroatoms. The number of ether oxygens (including phenoxy) is 1. The highest BCUT2D eigenvalue weighted by molar-refractivity contribution is 5.66. The maximum absolute atomic E-state index is 6.12. The zero-order valence-corrected chi connectivity index (χ0v) is 12.6. The molecule has 1 saturated carbocycles. The number of rotatable bonds is 6. The summed E-state index contributed by atoms with van der Waals surface area (Å²) in [5, 5.41) is 3.51. The summed E-state index contributed by atoms with van der Waals surface area (Å²) in [6.07, 6.45) is 8.74. The topological polar surface area (TPSA) is 73.1 Å². The third-order valence-electron chi connectivity index (χ3n) is 4.05. The zero-order valence-electron chi connectivity index (χ0n) is 12.6. The van der Waals surface area contributed by atoms with Crippen LogP contribution in [0.15, 0.2) is 6.33 Å². The second-order valence-electron chi connectivity index (χ2n) is 5.49. The van der Waals surface area contributed by atoms with Crippen LogP contribution in [0.3, 0.4) is 0 Å². The largest absolute Gasteiger partial charge is 0.476 e. The van der Waals surface area contributed by atoms with Crippen LogP contribution >= 0.6 is 0 Å². The highest BCUT2D eigenvalue weighted by Gasteiger charge is 2.24. The molecule has 5 nitrogen and oxygen atoms in total. The van der Waals surface area contributed by atoms with Gasteiger partial charge >= 0.3 is 0 Å². The minimum atomic E-state index is 0.463. The molecule has 3 N–H and O–H groups in total. The van der Waals surface area contributed by atoms with Gasteiger partial charge in [-0.15, -0.1) is 0 Å². The van der Waals surface area contributed by atoms with E-state index in [4.69, 9.17) is 10.5 Å². The van der Waals surface area contributed by atoms with Gasteiger partial charge < -0.3 is 15.8 Å². The summed E-state index contributed by atoms with van der Waals surface area (Å²) in [6, 6.07) is 0.463. The molecule has 20 heavy (non-hydrogen) atoms. The Labute approximate surface area is 121 Å². The molecule has 1 fully saturated rings. The van der Waals surface area contributed by atoms with E-state index in [1.807, 2.05) is 0 Å². The number of anilines is 2. The van der Waals surface area contributed by atoms with E-state index in [0.29, 0.717) is 30.1 Å². The Hall–Kier alpha value is -1.52. The third kappa shape index (κ3) is 3.52. The molecule has 1 heterocycles. The summed E-state index contributed by atoms with van der Waals surface area (Å²) in [5.74, 6) is 1.92. The molecule has 112 valence electrons. The minimum Gasteiger partial charge on any atom is -0.476 e. The van der Waals surface area contributed by atoms with Gasteiger partial charge in [0.25, 0.3) is 0 Å². The SMILES string of the molecule is CCCOc1ncnc(NC2CCCCC2CC)c1N. The van der Waals surface area contributed by atoms with Crippen molar-refractivity contribution in [2.75, 3.05) is 17.7 Å². The lowest BCUT2D eigenvalue weighted by molar-refractivity contribution is 0.305. The lowest BCUT2D eigenvalue weighted by Gasteiger charge is -2.32. The lowest BCUT2D eigenvalue weighted by atomic mass is 9.83. The van der Waals surface area contributed by atoms with E-state index in [9.17, 15) is 0 Å².